The van der Waals surface area contributed by atoms with E-state index in [0.29, 0.717) is 13.2 Å². The number of carbonyl (C=O) groups is 1. The molecule has 140 valence electrons. The molecule has 2 aliphatic rings. The molecule has 0 radical (unpaired) electrons. The van der Waals surface area contributed by atoms with Crippen molar-refractivity contribution < 1.29 is 9.53 Å². The summed E-state index contributed by atoms with van der Waals surface area (Å²) in [5.74, 6) is 0.916. The van der Waals surface area contributed by atoms with Gasteiger partial charge in [0.15, 0.2) is 0 Å². The minimum Gasteiger partial charge on any atom is -0.488 e. The van der Waals surface area contributed by atoms with Gasteiger partial charge in [-0.2, -0.15) is 0 Å². The van der Waals surface area contributed by atoms with Gasteiger partial charge in [-0.05, 0) is 54.3 Å². The van der Waals surface area contributed by atoms with Gasteiger partial charge in [-0.1, -0.05) is 35.9 Å². The Labute approximate surface area is 160 Å². The van der Waals surface area contributed by atoms with Crippen LogP contribution >= 0.6 is 0 Å². The Kier molecular flexibility index (Phi) is 4.99. The molecule has 1 saturated heterocycles. The van der Waals surface area contributed by atoms with Gasteiger partial charge in [-0.25, -0.2) is 0 Å². The van der Waals surface area contributed by atoms with Gasteiger partial charge >= 0.3 is 0 Å². The molecular formula is C23H26N2O2. The lowest BCUT2D eigenvalue weighted by atomic mass is 9.86. The van der Waals surface area contributed by atoms with Crippen LogP contribution < -0.4 is 10.1 Å². The molecule has 0 aliphatic carbocycles. The summed E-state index contributed by atoms with van der Waals surface area (Å²) >= 11 is 0. The first-order chi connectivity index (χ1) is 13.1. The molecule has 4 rings (SSSR count). The number of likely N-dealkylation sites (tertiary alicyclic amines) is 1. The minimum atomic E-state index is -0.0135. The summed E-state index contributed by atoms with van der Waals surface area (Å²) in [5.41, 5.74) is 7.60. The van der Waals surface area contributed by atoms with Gasteiger partial charge < -0.3 is 15.0 Å². The summed E-state index contributed by atoms with van der Waals surface area (Å²) in [7, 11) is 2.19. The van der Waals surface area contributed by atoms with Crippen LogP contribution in [0, 0.1) is 0 Å². The molecule has 0 atom stereocenters. The second-order valence-corrected chi connectivity index (χ2v) is 7.47. The Hall–Kier alpha value is -2.59. The number of amides is 1. The van der Waals surface area contributed by atoms with Crippen LogP contribution in [0.25, 0.3) is 5.57 Å². The second-order valence-electron chi connectivity index (χ2n) is 7.47. The Balaban J connectivity index is 1.84. The van der Waals surface area contributed by atoms with Crippen molar-refractivity contribution in [3.05, 3.63) is 70.3 Å². The number of benzene rings is 2. The third-order valence-electron chi connectivity index (χ3n) is 5.47. The first-order valence-electron chi connectivity index (χ1n) is 9.61. The number of nitrogens with one attached hydrogen (secondary N) is 1. The molecule has 4 nitrogen and oxygen atoms in total. The highest BCUT2D eigenvalue weighted by atomic mass is 16.5. The third kappa shape index (κ3) is 3.76. The van der Waals surface area contributed by atoms with Gasteiger partial charge in [0.2, 0.25) is 5.91 Å². The monoisotopic (exact) mass is 362 g/mol. The van der Waals surface area contributed by atoms with Crippen molar-refractivity contribution in [2.45, 2.75) is 32.9 Å². The van der Waals surface area contributed by atoms with Gasteiger partial charge in [-0.15, -0.1) is 0 Å². The van der Waals surface area contributed by atoms with Gasteiger partial charge in [0.1, 0.15) is 12.4 Å². The van der Waals surface area contributed by atoms with Crippen LogP contribution in [-0.2, 0) is 17.9 Å². The van der Waals surface area contributed by atoms with Crippen LogP contribution in [0.4, 0.5) is 0 Å². The molecule has 2 aromatic rings. The van der Waals surface area contributed by atoms with Crippen molar-refractivity contribution >= 4 is 11.5 Å². The van der Waals surface area contributed by atoms with Crippen LogP contribution in [0.1, 0.15) is 42.0 Å². The molecule has 27 heavy (non-hydrogen) atoms. The number of hydrogen-bond acceptors (Lipinski definition) is 3. The number of hydrogen-bond donors (Lipinski definition) is 1. The zero-order chi connectivity index (χ0) is 18.8. The fraction of sp³-hybridized carbons (Fsp3) is 0.348. The van der Waals surface area contributed by atoms with E-state index in [1.165, 1.54) is 22.3 Å². The van der Waals surface area contributed by atoms with E-state index < -0.39 is 0 Å². The van der Waals surface area contributed by atoms with Gasteiger partial charge in [0, 0.05) is 32.1 Å². The molecular weight excluding hydrogens is 336 g/mol. The largest absolute Gasteiger partial charge is 0.488 e. The predicted molar refractivity (Wildman–Crippen MR) is 107 cm³/mol. The van der Waals surface area contributed by atoms with Crippen molar-refractivity contribution in [3.63, 3.8) is 0 Å². The van der Waals surface area contributed by atoms with E-state index in [2.05, 4.69) is 47.6 Å². The first kappa shape index (κ1) is 17.8. The number of carbonyl (C=O) groups excluding carboxylic acids is 1. The standard InChI is InChI=1S/C23H26N2O2/c1-16(26)24-14-17-7-8-22-21(13-17)23(18-9-11-25(2)12-10-18)20-6-4-3-5-19(20)15-27-22/h3-8,13H,9-12,14-15H2,1-2H3,(H,24,26). The maximum Gasteiger partial charge on any atom is 0.217 e. The molecule has 0 bridgehead atoms. The molecule has 0 aromatic heterocycles. The highest BCUT2D eigenvalue weighted by molar-refractivity contribution is 5.87. The van der Waals surface area contributed by atoms with E-state index in [1.54, 1.807) is 6.92 Å². The summed E-state index contributed by atoms with van der Waals surface area (Å²) in [4.78, 5) is 13.7. The summed E-state index contributed by atoms with van der Waals surface area (Å²) in [5, 5.41) is 2.90. The zero-order valence-electron chi connectivity index (χ0n) is 16.0. The highest BCUT2D eigenvalue weighted by Gasteiger charge is 2.24. The van der Waals surface area contributed by atoms with Crippen LogP contribution in [0.15, 0.2) is 48.0 Å². The number of piperidine rings is 1. The number of fused-ring (bicyclic) bond motifs is 2. The SMILES string of the molecule is CC(=O)NCc1ccc2c(c1)C(=C1CCN(C)CC1)c1ccccc1CO2. The molecule has 0 spiro atoms. The zero-order valence-corrected chi connectivity index (χ0v) is 16.0. The van der Waals surface area contributed by atoms with Gasteiger partial charge in [0.25, 0.3) is 0 Å². The van der Waals surface area contributed by atoms with Crippen molar-refractivity contribution in [2.75, 3.05) is 20.1 Å². The van der Waals surface area contributed by atoms with E-state index >= 15 is 0 Å². The molecule has 2 aliphatic heterocycles. The van der Waals surface area contributed by atoms with E-state index in [9.17, 15) is 4.79 Å². The average molecular weight is 362 g/mol. The highest BCUT2D eigenvalue weighted by Crippen LogP contribution is 2.41. The number of nitrogens with zero attached hydrogens (tertiary/aromatic N) is 1. The van der Waals surface area contributed by atoms with E-state index in [1.807, 2.05) is 12.1 Å². The quantitative estimate of drug-likeness (QED) is 0.885. The molecule has 1 fully saturated rings. The molecule has 2 aromatic carbocycles. The Morgan fingerprint density at radius 3 is 2.67 bits per heavy atom. The van der Waals surface area contributed by atoms with Gasteiger partial charge in [-0.3, -0.25) is 4.79 Å². The Morgan fingerprint density at radius 1 is 1.11 bits per heavy atom. The van der Waals surface area contributed by atoms with Crippen molar-refractivity contribution in [1.82, 2.24) is 10.2 Å². The second kappa shape index (κ2) is 7.57. The summed E-state index contributed by atoms with van der Waals surface area (Å²) in [6.45, 7) is 4.85. The lowest BCUT2D eigenvalue weighted by Gasteiger charge is -2.27. The van der Waals surface area contributed by atoms with Crippen molar-refractivity contribution in [2.24, 2.45) is 0 Å². The minimum absolute atomic E-state index is 0.0135. The van der Waals surface area contributed by atoms with Crippen molar-refractivity contribution in [3.8, 4) is 5.75 Å². The number of rotatable bonds is 2. The first-order valence-corrected chi connectivity index (χ1v) is 9.61. The Morgan fingerprint density at radius 2 is 1.89 bits per heavy atom. The summed E-state index contributed by atoms with van der Waals surface area (Å²) < 4.78 is 6.17. The molecule has 1 N–H and O–H groups in total. The molecule has 2 heterocycles. The van der Waals surface area contributed by atoms with Crippen LogP contribution in [0.2, 0.25) is 0 Å². The molecule has 0 unspecified atom stereocenters. The topological polar surface area (TPSA) is 41.6 Å². The maximum absolute atomic E-state index is 11.3. The van der Waals surface area contributed by atoms with E-state index in [-0.39, 0.29) is 5.91 Å². The summed E-state index contributed by atoms with van der Waals surface area (Å²) in [6, 6.07) is 14.9. The lowest BCUT2D eigenvalue weighted by Crippen LogP contribution is -2.27. The lowest BCUT2D eigenvalue weighted by molar-refractivity contribution is -0.119. The Bertz CT molecular complexity index is 891. The van der Waals surface area contributed by atoms with Crippen molar-refractivity contribution in [1.29, 1.82) is 0 Å². The smallest absolute Gasteiger partial charge is 0.217 e. The van der Waals surface area contributed by atoms with E-state index in [0.717, 1.165) is 42.8 Å². The average Bonchev–Trinajstić information content (AvgIpc) is 2.84. The van der Waals surface area contributed by atoms with Gasteiger partial charge in [0.05, 0.1) is 0 Å². The molecule has 1 amide bonds. The fourth-order valence-electron chi connectivity index (χ4n) is 3.94. The normalized spacial score (nSPS) is 16.8. The number of ether oxygens (including phenoxy) is 1. The fourth-order valence-corrected chi connectivity index (χ4v) is 3.94. The maximum atomic E-state index is 11.3. The van der Waals surface area contributed by atoms with Crippen LogP contribution in [0.3, 0.4) is 0 Å². The molecule has 0 saturated carbocycles. The predicted octanol–water partition coefficient (Wildman–Crippen LogP) is 3.74. The molecule has 4 heteroatoms. The van der Waals surface area contributed by atoms with E-state index in [4.69, 9.17) is 4.74 Å². The van der Waals surface area contributed by atoms with Crippen LogP contribution in [0.5, 0.6) is 5.75 Å². The summed E-state index contributed by atoms with van der Waals surface area (Å²) in [6.07, 6.45) is 2.16. The van der Waals surface area contributed by atoms with Crippen LogP contribution in [-0.4, -0.2) is 30.9 Å². The third-order valence-corrected chi connectivity index (χ3v) is 5.47.